The van der Waals surface area contributed by atoms with Gasteiger partial charge in [-0.1, -0.05) is 0 Å². The monoisotopic (exact) mass is 322 g/mol. The van der Waals surface area contributed by atoms with Crippen LogP contribution in [0.1, 0.15) is 36.3 Å². The summed E-state index contributed by atoms with van der Waals surface area (Å²) in [6, 6.07) is 0. The molecule has 2 heterocycles. The van der Waals surface area contributed by atoms with Crippen molar-refractivity contribution in [3.8, 4) is 0 Å². The molecule has 9 heteroatoms. The highest BCUT2D eigenvalue weighted by molar-refractivity contribution is 5.90. The molecule has 2 rings (SSSR count). The Balaban J connectivity index is 2.17. The van der Waals surface area contributed by atoms with Gasteiger partial charge in [0.2, 0.25) is 0 Å². The summed E-state index contributed by atoms with van der Waals surface area (Å²) in [6.45, 7) is 4.22. The molecule has 6 nitrogen and oxygen atoms in total. The quantitative estimate of drug-likeness (QED) is 0.778. The van der Waals surface area contributed by atoms with E-state index in [0.29, 0.717) is 19.6 Å². The van der Waals surface area contributed by atoms with Crippen LogP contribution in [0.2, 0.25) is 0 Å². The predicted molar refractivity (Wildman–Crippen MR) is 68.1 cm³/mol. The van der Waals surface area contributed by atoms with E-state index < -0.39 is 29.2 Å². The van der Waals surface area contributed by atoms with Crippen LogP contribution in [0.4, 0.5) is 13.2 Å². The lowest BCUT2D eigenvalue weighted by atomic mass is 10.2. The topological polar surface area (TPSA) is 62.6 Å². The number of hydrogen-bond donors (Lipinski definition) is 0. The lowest BCUT2D eigenvalue weighted by Gasteiger charge is -2.21. The van der Waals surface area contributed by atoms with Crippen molar-refractivity contribution in [3.05, 3.63) is 17.5 Å². The van der Waals surface area contributed by atoms with Gasteiger partial charge in [0, 0.05) is 19.2 Å². The first-order valence-corrected chi connectivity index (χ1v) is 6.85. The highest BCUT2D eigenvalue weighted by Crippen LogP contribution is 2.31. The zero-order valence-electron chi connectivity index (χ0n) is 12.3. The lowest BCUT2D eigenvalue weighted by Crippen LogP contribution is -2.27. The van der Waals surface area contributed by atoms with Crippen LogP contribution < -0.4 is 0 Å². The van der Waals surface area contributed by atoms with Crippen molar-refractivity contribution in [1.29, 1.82) is 0 Å². The molecular weight excluding hydrogens is 305 g/mol. The molecule has 1 aromatic heterocycles. The van der Waals surface area contributed by atoms with Crippen molar-refractivity contribution in [2.24, 2.45) is 0 Å². The molecule has 0 saturated carbocycles. The second-order valence-electron chi connectivity index (χ2n) is 4.95. The Morgan fingerprint density at radius 3 is 2.64 bits per heavy atom. The lowest BCUT2D eigenvalue weighted by molar-refractivity contribution is -0.149. The normalized spacial score (nSPS) is 17.7. The van der Waals surface area contributed by atoms with Crippen LogP contribution in [0.3, 0.4) is 0 Å². The average Bonchev–Trinajstić information content (AvgIpc) is 3.03. The standard InChI is InChI=1S/C13H17F3N2O4/c1-3-20-11(19)9-8-18(17-10(9)13(14,15)16)5-4-12(2)21-6-7-22-12/h8H,3-7H2,1-2H3. The Labute approximate surface area is 125 Å². The number of alkyl halides is 3. The zero-order chi connectivity index (χ0) is 16.4. The predicted octanol–water partition coefficient (Wildman–Crippen LogP) is 2.23. The minimum absolute atomic E-state index is 0.0128. The first kappa shape index (κ1) is 16.8. The van der Waals surface area contributed by atoms with E-state index in [0.717, 1.165) is 10.9 Å². The smallest absolute Gasteiger partial charge is 0.436 e. The van der Waals surface area contributed by atoms with E-state index in [1.807, 2.05) is 0 Å². The van der Waals surface area contributed by atoms with Gasteiger partial charge in [-0.05, 0) is 13.8 Å². The van der Waals surface area contributed by atoms with E-state index in [2.05, 4.69) is 9.84 Å². The van der Waals surface area contributed by atoms with Crippen molar-refractivity contribution >= 4 is 5.97 Å². The maximum Gasteiger partial charge on any atom is 0.436 e. The number of nitrogens with zero attached hydrogens (tertiary/aromatic N) is 2. The summed E-state index contributed by atoms with van der Waals surface area (Å²) in [5.41, 5.74) is -1.84. The molecular formula is C13H17F3N2O4. The van der Waals surface area contributed by atoms with E-state index in [4.69, 9.17) is 9.47 Å². The second kappa shape index (κ2) is 6.25. The molecule has 1 aliphatic heterocycles. The highest BCUT2D eigenvalue weighted by atomic mass is 19.4. The molecule has 0 atom stereocenters. The molecule has 0 amide bonds. The molecule has 0 unspecified atom stereocenters. The van der Waals surface area contributed by atoms with Crippen LogP contribution in [0.25, 0.3) is 0 Å². The molecule has 0 bridgehead atoms. The number of ether oxygens (including phenoxy) is 3. The molecule has 1 saturated heterocycles. The molecule has 1 aliphatic rings. The number of carbonyl (C=O) groups excluding carboxylic acids is 1. The fraction of sp³-hybridized carbons (Fsp3) is 0.692. The molecule has 0 N–H and O–H groups in total. The van der Waals surface area contributed by atoms with E-state index in [-0.39, 0.29) is 13.2 Å². The number of halogens is 3. The number of carbonyl (C=O) groups is 1. The van der Waals surface area contributed by atoms with Crippen LogP contribution in [0, 0.1) is 0 Å². The third kappa shape index (κ3) is 3.77. The average molecular weight is 322 g/mol. The summed E-state index contributed by atoms with van der Waals surface area (Å²) < 4.78 is 55.3. The third-order valence-electron chi connectivity index (χ3n) is 3.22. The summed E-state index contributed by atoms with van der Waals surface area (Å²) in [4.78, 5) is 11.6. The first-order valence-electron chi connectivity index (χ1n) is 6.85. The Kier molecular flexibility index (Phi) is 4.76. The zero-order valence-corrected chi connectivity index (χ0v) is 12.3. The second-order valence-corrected chi connectivity index (χ2v) is 4.95. The Morgan fingerprint density at radius 2 is 2.09 bits per heavy atom. The van der Waals surface area contributed by atoms with Gasteiger partial charge in [0.15, 0.2) is 11.5 Å². The minimum atomic E-state index is -4.72. The Bertz CT molecular complexity index is 536. The summed E-state index contributed by atoms with van der Waals surface area (Å²) in [7, 11) is 0. The fourth-order valence-electron chi connectivity index (χ4n) is 2.12. The van der Waals surface area contributed by atoms with Crippen LogP contribution in [0.5, 0.6) is 0 Å². The van der Waals surface area contributed by atoms with Crippen molar-refractivity contribution < 1.29 is 32.2 Å². The number of rotatable bonds is 5. The number of esters is 1. The summed E-state index contributed by atoms with van der Waals surface area (Å²) in [5, 5.41) is 3.46. The van der Waals surface area contributed by atoms with Crippen molar-refractivity contribution in [2.75, 3.05) is 19.8 Å². The van der Waals surface area contributed by atoms with Crippen LogP contribution in [0.15, 0.2) is 6.20 Å². The maximum atomic E-state index is 12.9. The molecule has 22 heavy (non-hydrogen) atoms. The summed E-state index contributed by atoms with van der Waals surface area (Å²) in [6.07, 6.45) is -3.37. The van der Waals surface area contributed by atoms with Crippen LogP contribution in [-0.2, 0) is 26.9 Å². The number of aromatic nitrogens is 2. The van der Waals surface area contributed by atoms with Crippen molar-refractivity contribution in [2.45, 2.75) is 38.8 Å². The van der Waals surface area contributed by atoms with Gasteiger partial charge >= 0.3 is 12.1 Å². The minimum Gasteiger partial charge on any atom is -0.462 e. The van der Waals surface area contributed by atoms with Gasteiger partial charge in [0.1, 0.15) is 5.56 Å². The third-order valence-corrected chi connectivity index (χ3v) is 3.22. The van der Waals surface area contributed by atoms with Crippen molar-refractivity contribution in [1.82, 2.24) is 9.78 Å². The summed E-state index contributed by atoms with van der Waals surface area (Å²) >= 11 is 0. The van der Waals surface area contributed by atoms with Gasteiger partial charge in [-0.3, -0.25) is 4.68 Å². The van der Waals surface area contributed by atoms with Gasteiger partial charge in [0.05, 0.1) is 19.8 Å². The van der Waals surface area contributed by atoms with Crippen molar-refractivity contribution in [3.63, 3.8) is 0 Å². The van der Waals surface area contributed by atoms with Gasteiger partial charge in [-0.15, -0.1) is 0 Å². The maximum absolute atomic E-state index is 12.9. The van der Waals surface area contributed by atoms with Gasteiger partial charge < -0.3 is 14.2 Å². The van der Waals surface area contributed by atoms with Crippen LogP contribution in [-0.4, -0.2) is 41.4 Å². The van der Waals surface area contributed by atoms with Gasteiger partial charge in [-0.2, -0.15) is 18.3 Å². The first-order chi connectivity index (χ1) is 10.2. The van der Waals surface area contributed by atoms with E-state index in [1.54, 1.807) is 6.92 Å². The molecule has 1 aromatic rings. The fourth-order valence-corrected chi connectivity index (χ4v) is 2.12. The molecule has 0 spiro atoms. The molecule has 1 fully saturated rings. The largest absolute Gasteiger partial charge is 0.462 e. The summed E-state index contributed by atoms with van der Waals surface area (Å²) in [5.74, 6) is -1.88. The molecule has 0 radical (unpaired) electrons. The SMILES string of the molecule is CCOC(=O)c1cn(CCC2(C)OCCO2)nc1C(F)(F)F. The van der Waals surface area contributed by atoms with E-state index in [1.165, 1.54) is 6.92 Å². The molecule has 0 aromatic carbocycles. The molecule has 124 valence electrons. The Hall–Kier alpha value is -1.61. The van der Waals surface area contributed by atoms with E-state index in [9.17, 15) is 18.0 Å². The van der Waals surface area contributed by atoms with Gasteiger partial charge in [-0.25, -0.2) is 4.79 Å². The Morgan fingerprint density at radius 1 is 1.45 bits per heavy atom. The highest BCUT2D eigenvalue weighted by Gasteiger charge is 2.40. The van der Waals surface area contributed by atoms with Crippen LogP contribution >= 0.6 is 0 Å². The van der Waals surface area contributed by atoms with E-state index >= 15 is 0 Å². The number of hydrogen-bond acceptors (Lipinski definition) is 5. The number of aryl methyl sites for hydroxylation is 1. The van der Waals surface area contributed by atoms with Gasteiger partial charge in [0.25, 0.3) is 0 Å². The molecule has 0 aliphatic carbocycles.